The molecule has 0 radical (unpaired) electrons. The number of carbonyl (C=O) groups is 1. The average Bonchev–Trinajstić information content (AvgIpc) is 2.87. The maximum absolute atomic E-state index is 11.8. The van der Waals surface area contributed by atoms with Crippen LogP contribution in [0, 0.1) is 5.92 Å². The van der Waals surface area contributed by atoms with Crippen LogP contribution in [0.4, 0.5) is 0 Å². The largest absolute Gasteiger partial charge is 0.299 e. The Morgan fingerprint density at radius 3 is 2.81 bits per heavy atom. The Morgan fingerprint density at radius 2 is 2.19 bits per heavy atom. The van der Waals surface area contributed by atoms with Crippen molar-refractivity contribution in [2.75, 3.05) is 0 Å². The third kappa shape index (κ3) is 3.70. The number of Topliss-reactive ketones (excluding diaryl/α,β-unsaturated/α-hetero) is 1. The molecule has 0 unspecified atom stereocenters. The molecule has 0 bridgehead atoms. The van der Waals surface area contributed by atoms with E-state index in [4.69, 9.17) is 0 Å². The lowest BCUT2D eigenvalue weighted by Crippen LogP contribution is -2.04. The normalized spacial score (nSPS) is 16.8. The molecule has 1 fully saturated rings. The van der Waals surface area contributed by atoms with Gasteiger partial charge in [0.25, 0.3) is 0 Å². The third-order valence-corrected chi connectivity index (χ3v) is 5.00. The van der Waals surface area contributed by atoms with Gasteiger partial charge in [-0.3, -0.25) is 4.79 Å². The van der Waals surface area contributed by atoms with E-state index in [-0.39, 0.29) is 0 Å². The first-order valence-corrected chi connectivity index (χ1v) is 7.66. The zero-order valence-electron chi connectivity index (χ0n) is 9.38. The minimum Gasteiger partial charge on any atom is -0.299 e. The highest BCUT2D eigenvalue weighted by Crippen LogP contribution is 2.29. The predicted molar refractivity (Wildman–Crippen MR) is 71.9 cm³/mol. The summed E-state index contributed by atoms with van der Waals surface area (Å²) in [7, 11) is 0. The molecule has 1 heterocycles. The molecule has 0 amide bonds. The number of rotatable bonds is 5. The molecule has 16 heavy (non-hydrogen) atoms. The number of hydrogen-bond donors (Lipinski definition) is 0. The van der Waals surface area contributed by atoms with Crippen LogP contribution in [0.5, 0.6) is 0 Å². The van der Waals surface area contributed by atoms with E-state index >= 15 is 0 Å². The fraction of sp³-hybridized carbons (Fsp3) is 0.615. The number of carbonyl (C=O) groups excluding carboxylic acids is 1. The monoisotopic (exact) mass is 300 g/mol. The van der Waals surface area contributed by atoms with Crippen molar-refractivity contribution < 1.29 is 4.79 Å². The Kier molecular flexibility index (Phi) is 4.59. The molecule has 0 N–H and O–H groups in total. The van der Waals surface area contributed by atoms with Gasteiger partial charge >= 0.3 is 0 Å². The highest BCUT2D eigenvalue weighted by molar-refractivity contribution is 9.10. The first-order valence-electron chi connectivity index (χ1n) is 5.98. The summed E-state index contributed by atoms with van der Waals surface area (Å²) in [5.74, 6) is 1.24. The molecule has 0 atom stereocenters. The molecule has 1 aliphatic rings. The van der Waals surface area contributed by atoms with Crippen LogP contribution < -0.4 is 0 Å². The van der Waals surface area contributed by atoms with Gasteiger partial charge in [0.2, 0.25) is 0 Å². The van der Waals surface area contributed by atoms with Crippen molar-refractivity contribution in [3.63, 3.8) is 0 Å². The van der Waals surface area contributed by atoms with Crippen LogP contribution in [0.1, 0.15) is 43.4 Å². The Bertz CT molecular complexity index is 353. The quantitative estimate of drug-likeness (QED) is 0.777. The molecule has 1 aliphatic carbocycles. The van der Waals surface area contributed by atoms with Crippen molar-refractivity contribution in [1.29, 1.82) is 0 Å². The van der Waals surface area contributed by atoms with E-state index < -0.39 is 0 Å². The van der Waals surface area contributed by atoms with E-state index in [1.807, 2.05) is 5.38 Å². The number of halogens is 1. The maximum atomic E-state index is 11.8. The molecule has 0 aromatic carbocycles. The second-order valence-electron chi connectivity index (χ2n) is 4.64. The van der Waals surface area contributed by atoms with E-state index in [9.17, 15) is 4.79 Å². The number of ketones is 1. The Labute approximate surface area is 109 Å². The predicted octanol–water partition coefficient (Wildman–Crippen LogP) is 4.59. The Hall–Kier alpha value is -0.150. The fourth-order valence-corrected chi connectivity index (χ4v) is 3.87. The summed E-state index contributed by atoms with van der Waals surface area (Å²) in [5, 5.41) is 2.04. The van der Waals surface area contributed by atoms with Crippen molar-refractivity contribution in [3.8, 4) is 0 Å². The van der Waals surface area contributed by atoms with Gasteiger partial charge in [-0.1, -0.05) is 25.7 Å². The topological polar surface area (TPSA) is 17.1 Å². The summed E-state index contributed by atoms with van der Waals surface area (Å²) in [6.07, 6.45) is 7.96. The van der Waals surface area contributed by atoms with Crippen LogP contribution in [-0.2, 0) is 11.2 Å². The highest BCUT2D eigenvalue weighted by atomic mass is 79.9. The Morgan fingerprint density at radius 1 is 1.44 bits per heavy atom. The van der Waals surface area contributed by atoms with E-state index in [1.54, 1.807) is 11.3 Å². The van der Waals surface area contributed by atoms with Gasteiger partial charge in [0, 0.05) is 27.6 Å². The second kappa shape index (κ2) is 5.97. The van der Waals surface area contributed by atoms with Crippen molar-refractivity contribution in [3.05, 3.63) is 20.8 Å². The lowest BCUT2D eigenvalue weighted by Gasteiger charge is -2.06. The molecule has 0 aliphatic heterocycles. The van der Waals surface area contributed by atoms with Crippen molar-refractivity contribution >= 4 is 33.0 Å². The Balaban J connectivity index is 1.71. The van der Waals surface area contributed by atoms with Gasteiger partial charge in [0.05, 0.1) is 0 Å². The molecule has 0 saturated heterocycles. The highest BCUT2D eigenvalue weighted by Gasteiger charge is 2.16. The molecule has 1 aromatic heterocycles. The second-order valence-corrected chi connectivity index (χ2v) is 6.55. The zero-order chi connectivity index (χ0) is 11.4. The van der Waals surface area contributed by atoms with E-state index in [0.717, 1.165) is 23.2 Å². The standard InChI is InChI=1S/C13H17BrOS/c14-11-7-13(16-9-11)8-12(15)6-5-10-3-1-2-4-10/h7,9-10H,1-6,8H2. The molecule has 3 heteroatoms. The van der Waals surface area contributed by atoms with Gasteiger partial charge in [-0.15, -0.1) is 11.3 Å². The van der Waals surface area contributed by atoms with Gasteiger partial charge in [-0.05, 0) is 34.3 Å². The lowest BCUT2D eigenvalue weighted by molar-refractivity contribution is -0.118. The van der Waals surface area contributed by atoms with Crippen LogP contribution in [0.2, 0.25) is 0 Å². The zero-order valence-corrected chi connectivity index (χ0v) is 11.8. The van der Waals surface area contributed by atoms with Crippen molar-refractivity contribution in [2.45, 2.75) is 44.9 Å². The third-order valence-electron chi connectivity index (χ3n) is 3.30. The number of hydrogen-bond acceptors (Lipinski definition) is 2. The average molecular weight is 301 g/mol. The van der Waals surface area contributed by atoms with Gasteiger partial charge < -0.3 is 0 Å². The van der Waals surface area contributed by atoms with E-state index in [2.05, 4.69) is 22.0 Å². The summed E-state index contributed by atoms with van der Waals surface area (Å²) < 4.78 is 1.09. The van der Waals surface area contributed by atoms with E-state index in [1.165, 1.54) is 30.6 Å². The summed E-state index contributed by atoms with van der Waals surface area (Å²) in [6, 6.07) is 2.05. The van der Waals surface area contributed by atoms with Crippen molar-refractivity contribution in [1.82, 2.24) is 0 Å². The molecular weight excluding hydrogens is 284 g/mol. The smallest absolute Gasteiger partial charge is 0.138 e. The van der Waals surface area contributed by atoms with E-state index in [0.29, 0.717) is 12.2 Å². The molecule has 1 saturated carbocycles. The summed E-state index contributed by atoms with van der Waals surface area (Å²) >= 11 is 5.08. The summed E-state index contributed by atoms with van der Waals surface area (Å²) in [4.78, 5) is 13.0. The molecular formula is C13H17BrOS. The summed E-state index contributed by atoms with van der Waals surface area (Å²) in [5.41, 5.74) is 0. The summed E-state index contributed by atoms with van der Waals surface area (Å²) in [6.45, 7) is 0. The first-order chi connectivity index (χ1) is 7.74. The van der Waals surface area contributed by atoms with Crippen LogP contribution in [0.25, 0.3) is 0 Å². The van der Waals surface area contributed by atoms with Gasteiger partial charge in [0.1, 0.15) is 5.78 Å². The maximum Gasteiger partial charge on any atom is 0.138 e. The minimum atomic E-state index is 0.404. The molecule has 0 spiro atoms. The van der Waals surface area contributed by atoms with Gasteiger partial charge in [0.15, 0.2) is 0 Å². The fourth-order valence-electron chi connectivity index (χ4n) is 2.39. The molecule has 2 rings (SSSR count). The minimum absolute atomic E-state index is 0.404. The van der Waals surface area contributed by atoms with Crippen molar-refractivity contribution in [2.24, 2.45) is 5.92 Å². The lowest BCUT2D eigenvalue weighted by atomic mass is 9.99. The first kappa shape index (κ1) is 12.3. The van der Waals surface area contributed by atoms with Crippen LogP contribution in [0.3, 0.4) is 0 Å². The number of thiophene rings is 1. The van der Waals surface area contributed by atoms with Crippen LogP contribution in [-0.4, -0.2) is 5.78 Å². The molecule has 1 nitrogen and oxygen atoms in total. The van der Waals surface area contributed by atoms with Crippen LogP contribution >= 0.6 is 27.3 Å². The van der Waals surface area contributed by atoms with Gasteiger partial charge in [-0.2, -0.15) is 0 Å². The molecule has 1 aromatic rings. The van der Waals surface area contributed by atoms with Crippen LogP contribution in [0.15, 0.2) is 15.9 Å². The van der Waals surface area contributed by atoms with Gasteiger partial charge in [-0.25, -0.2) is 0 Å². The molecule has 88 valence electrons. The SMILES string of the molecule is O=C(CCC1CCCC1)Cc1cc(Br)cs1.